The molecule has 0 radical (unpaired) electrons. The monoisotopic (exact) mass is 650 g/mol. The van der Waals surface area contributed by atoms with Crippen LogP contribution in [-0.4, -0.2) is 20.0 Å². The van der Waals surface area contributed by atoms with Gasteiger partial charge < -0.3 is 0 Å². The lowest BCUT2D eigenvalue weighted by molar-refractivity contribution is 0.766. The van der Waals surface area contributed by atoms with E-state index in [1.807, 2.05) is 24.5 Å². The van der Waals surface area contributed by atoms with E-state index in [2.05, 4.69) is 163 Å². The first-order valence-corrected chi connectivity index (χ1v) is 17.2. The van der Waals surface area contributed by atoms with E-state index in [0.29, 0.717) is 0 Å². The molecule has 0 bridgehead atoms. The quantitative estimate of drug-likeness (QED) is 0.174. The van der Waals surface area contributed by atoms with Crippen molar-refractivity contribution in [3.8, 4) is 50.2 Å². The van der Waals surface area contributed by atoms with Crippen molar-refractivity contribution in [1.29, 1.82) is 0 Å². The van der Waals surface area contributed by atoms with Crippen molar-refractivity contribution in [2.45, 2.75) is 0 Å². The van der Waals surface area contributed by atoms with Gasteiger partial charge in [0.2, 0.25) is 0 Å². The molecule has 2 heterocycles. The molecule has 0 fully saturated rings. The number of hydrogen-bond donors (Lipinski definition) is 0. The number of pyridine rings is 1. The summed E-state index contributed by atoms with van der Waals surface area (Å²) in [6.07, 6.45) is 3.63. The minimum Gasteiger partial charge on any atom is -0.265 e. The summed E-state index contributed by atoms with van der Waals surface area (Å²) in [4.78, 5) is 5.89. The first-order valence-electron chi connectivity index (χ1n) is 17.2. The van der Waals surface area contributed by atoms with Crippen molar-refractivity contribution in [1.82, 2.24) is 20.0 Å². The Hall–Kier alpha value is -6.91. The van der Waals surface area contributed by atoms with Crippen LogP contribution < -0.4 is 0 Å². The minimum absolute atomic E-state index is 0.861. The number of aromatic nitrogens is 4. The summed E-state index contributed by atoms with van der Waals surface area (Å²) < 4.78 is 0. The topological polar surface area (TPSA) is 43.6 Å². The molecule has 0 atom stereocenters. The lowest BCUT2D eigenvalue weighted by Crippen LogP contribution is -1.98. The van der Waals surface area contributed by atoms with Gasteiger partial charge in [-0.05, 0) is 102 Å². The molecule has 0 aliphatic rings. The van der Waals surface area contributed by atoms with Crippen molar-refractivity contribution in [2.75, 3.05) is 0 Å². The molecule has 8 aromatic carbocycles. The summed E-state index contributed by atoms with van der Waals surface area (Å²) in [7, 11) is 0. The number of nitrogens with zero attached hydrogens (tertiary/aromatic N) is 4. The van der Waals surface area contributed by atoms with E-state index in [-0.39, 0.29) is 0 Å². The van der Waals surface area contributed by atoms with Crippen LogP contribution in [0.2, 0.25) is 0 Å². The van der Waals surface area contributed by atoms with Crippen molar-refractivity contribution < 1.29 is 0 Å². The number of rotatable bonds is 5. The minimum atomic E-state index is 0.861. The Kier molecular flexibility index (Phi) is 6.78. The van der Waals surface area contributed by atoms with Crippen LogP contribution in [0.15, 0.2) is 182 Å². The Morgan fingerprint density at radius 1 is 0.353 bits per heavy atom. The molecule has 0 spiro atoms. The molecule has 51 heavy (non-hydrogen) atoms. The first kappa shape index (κ1) is 29.0. The maximum atomic E-state index is 4.98. The number of fused-ring (bicyclic) bond motifs is 5. The summed E-state index contributed by atoms with van der Waals surface area (Å²) in [5.74, 6) is 0. The summed E-state index contributed by atoms with van der Waals surface area (Å²) in [5, 5.41) is 17.2. The van der Waals surface area contributed by atoms with Gasteiger partial charge >= 0.3 is 0 Å². The summed E-state index contributed by atoms with van der Waals surface area (Å²) in [6.45, 7) is 0. The maximum Gasteiger partial charge on any atom is 0.121 e. The lowest BCUT2D eigenvalue weighted by Gasteiger charge is -2.18. The summed E-state index contributed by atoms with van der Waals surface area (Å²) in [5.41, 5.74) is 12.2. The summed E-state index contributed by atoms with van der Waals surface area (Å²) >= 11 is 0. The van der Waals surface area contributed by atoms with E-state index in [4.69, 9.17) is 10.2 Å². The van der Waals surface area contributed by atoms with Crippen molar-refractivity contribution in [3.63, 3.8) is 0 Å². The zero-order valence-corrected chi connectivity index (χ0v) is 27.6. The Bertz CT molecular complexity index is 2820. The molecule has 0 saturated heterocycles. The largest absolute Gasteiger partial charge is 0.265 e. The normalized spacial score (nSPS) is 11.5. The molecule has 0 aliphatic heterocycles. The molecule has 10 aromatic rings. The molecule has 0 saturated carbocycles. The Morgan fingerprint density at radius 2 is 0.824 bits per heavy atom. The third-order valence-corrected chi connectivity index (χ3v) is 9.98. The van der Waals surface area contributed by atoms with Gasteiger partial charge in [-0.25, -0.2) is 0 Å². The maximum absolute atomic E-state index is 4.98. The Balaban J connectivity index is 1.09. The van der Waals surface area contributed by atoms with E-state index < -0.39 is 0 Å². The van der Waals surface area contributed by atoms with E-state index in [9.17, 15) is 0 Å². The Morgan fingerprint density at radius 3 is 1.43 bits per heavy atom. The van der Waals surface area contributed by atoms with Gasteiger partial charge in [-0.15, -0.1) is 10.2 Å². The molecular weight excluding hydrogens is 621 g/mol. The summed E-state index contributed by atoms with van der Waals surface area (Å²) in [6, 6.07) is 60.4. The van der Waals surface area contributed by atoms with Gasteiger partial charge in [-0.2, -0.15) is 4.80 Å². The molecule has 0 N–H and O–H groups in total. The highest BCUT2D eigenvalue weighted by molar-refractivity contribution is 6.21. The van der Waals surface area contributed by atoms with Crippen LogP contribution in [0.5, 0.6) is 0 Å². The van der Waals surface area contributed by atoms with E-state index in [0.717, 1.165) is 49.7 Å². The van der Waals surface area contributed by atoms with Gasteiger partial charge in [0.15, 0.2) is 0 Å². The third-order valence-electron chi connectivity index (χ3n) is 9.98. The van der Waals surface area contributed by atoms with E-state index >= 15 is 0 Å². The van der Waals surface area contributed by atoms with Crippen LogP contribution in [-0.2, 0) is 0 Å². The van der Waals surface area contributed by atoms with Gasteiger partial charge in [0.05, 0.1) is 5.69 Å². The van der Waals surface area contributed by atoms with Crippen LogP contribution in [0.3, 0.4) is 0 Å². The van der Waals surface area contributed by atoms with Gasteiger partial charge in [0.1, 0.15) is 11.0 Å². The molecule has 0 amide bonds. The van der Waals surface area contributed by atoms with Gasteiger partial charge in [0.25, 0.3) is 0 Å². The molecule has 2 aromatic heterocycles. The highest BCUT2D eigenvalue weighted by Crippen LogP contribution is 2.44. The fourth-order valence-corrected chi connectivity index (χ4v) is 7.60. The number of hydrogen-bond acceptors (Lipinski definition) is 3. The second-order valence-electron chi connectivity index (χ2n) is 12.9. The predicted molar refractivity (Wildman–Crippen MR) is 211 cm³/mol. The van der Waals surface area contributed by atoms with Crippen LogP contribution in [0.4, 0.5) is 0 Å². The first-order chi connectivity index (χ1) is 25.3. The zero-order chi connectivity index (χ0) is 33.7. The molecule has 4 nitrogen and oxygen atoms in total. The fraction of sp³-hybridized carbons (Fsp3) is 0. The molecule has 0 unspecified atom stereocenters. The zero-order valence-electron chi connectivity index (χ0n) is 27.6. The predicted octanol–water partition coefficient (Wildman–Crippen LogP) is 11.9. The third kappa shape index (κ3) is 4.88. The Labute approximate surface area is 294 Å². The van der Waals surface area contributed by atoms with Crippen molar-refractivity contribution >= 4 is 43.4 Å². The molecule has 10 rings (SSSR count). The van der Waals surface area contributed by atoms with E-state index in [1.54, 1.807) is 4.80 Å². The highest BCUT2D eigenvalue weighted by atomic mass is 15.5. The second kappa shape index (κ2) is 11.9. The lowest BCUT2D eigenvalue weighted by atomic mass is 9.85. The molecular formula is C47H30N4. The van der Waals surface area contributed by atoms with Crippen LogP contribution >= 0.6 is 0 Å². The fourth-order valence-electron chi connectivity index (χ4n) is 7.60. The highest BCUT2D eigenvalue weighted by Gasteiger charge is 2.18. The molecule has 0 aliphatic carbocycles. The van der Waals surface area contributed by atoms with Gasteiger partial charge in [-0.3, -0.25) is 4.98 Å². The van der Waals surface area contributed by atoms with Crippen LogP contribution in [0.1, 0.15) is 0 Å². The second-order valence-corrected chi connectivity index (χ2v) is 12.9. The van der Waals surface area contributed by atoms with Crippen molar-refractivity contribution in [2.24, 2.45) is 0 Å². The molecule has 238 valence electrons. The SMILES string of the molecule is c1ccc(-c2c3ccccc3c(-c3ccc(-c4cc5nn(-c6ccc(-c7ccncc7)cc6)nc5c5ccccc45)cc3)c3ccccc23)cc1. The van der Waals surface area contributed by atoms with Gasteiger partial charge in [0, 0.05) is 17.8 Å². The van der Waals surface area contributed by atoms with E-state index in [1.165, 1.54) is 43.8 Å². The average Bonchev–Trinajstić information content (AvgIpc) is 3.65. The van der Waals surface area contributed by atoms with Crippen LogP contribution in [0.25, 0.3) is 93.5 Å². The smallest absolute Gasteiger partial charge is 0.121 e. The molecule has 4 heteroatoms. The average molecular weight is 651 g/mol. The standard InChI is InChI=1S/C47H30N4/c1-2-10-34(11-3-1)45-38-13-5-7-15-40(38)46(41-16-8-6-14-39(41)45)35-20-18-33(19-21-35)43-30-44-47(42-17-9-4-12-37(42)43)50-51(49-44)36-24-22-31(23-25-36)32-26-28-48-29-27-32/h1-30H. The number of benzene rings is 8. The van der Waals surface area contributed by atoms with Crippen LogP contribution in [0, 0.1) is 0 Å². The van der Waals surface area contributed by atoms with Gasteiger partial charge in [-0.1, -0.05) is 140 Å². The van der Waals surface area contributed by atoms with Crippen molar-refractivity contribution in [3.05, 3.63) is 182 Å².